The number of hydrogen-bond acceptors (Lipinski definition) is 5. The van der Waals surface area contributed by atoms with E-state index in [9.17, 15) is 5.11 Å². The quantitative estimate of drug-likeness (QED) is 0.823. The predicted molar refractivity (Wildman–Crippen MR) is 68.5 cm³/mol. The van der Waals surface area contributed by atoms with Crippen LogP contribution in [0.15, 0.2) is 0 Å². The molecule has 1 fully saturated rings. The Morgan fingerprint density at radius 2 is 2.18 bits per heavy atom. The molecule has 0 aliphatic carbocycles. The van der Waals surface area contributed by atoms with E-state index >= 15 is 0 Å². The van der Waals surface area contributed by atoms with Gasteiger partial charge < -0.3 is 15.3 Å². The van der Waals surface area contributed by atoms with Crippen LogP contribution in [0.1, 0.15) is 24.7 Å². The largest absolute Gasteiger partial charge is 0.391 e. The molecule has 1 unspecified atom stereocenters. The first-order valence-electron chi connectivity index (χ1n) is 6.14. The number of aromatic nitrogens is 2. The maximum absolute atomic E-state index is 9.59. The highest BCUT2D eigenvalue weighted by molar-refractivity contribution is 5.59. The molecule has 1 aromatic heterocycles. The van der Waals surface area contributed by atoms with Crippen molar-refractivity contribution in [3.63, 3.8) is 0 Å². The molecule has 1 atom stereocenters. The summed E-state index contributed by atoms with van der Waals surface area (Å²) in [5.41, 5.74) is 1.06. The van der Waals surface area contributed by atoms with E-state index in [-0.39, 0.29) is 6.10 Å². The summed E-state index contributed by atoms with van der Waals surface area (Å²) < 4.78 is 0. The van der Waals surface area contributed by atoms with E-state index in [0.717, 1.165) is 42.5 Å². The van der Waals surface area contributed by atoms with Crippen LogP contribution in [-0.4, -0.2) is 40.8 Å². The molecule has 1 aliphatic rings. The Labute approximate surface area is 102 Å². The van der Waals surface area contributed by atoms with Crippen LogP contribution in [0, 0.1) is 13.8 Å². The standard InChI is InChI=1S/C12H20N4O/c1-4-13-11-8(2)12(15-9(3)14-11)16-6-5-10(17)7-16/h10,17H,4-7H2,1-3H3,(H,13,14,15). The molecule has 0 saturated carbocycles. The lowest BCUT2D eigenvalue weighted by Gasteiger charge is -2.21. The smallest absolute Gasteiger partial charge is 0.137 e. The van der Waals surface area contributed by atoms with Crippen molar-refractivity contribution in [1.82, 2.24) is 9.97 Å². The number of nitrogens with one attached hydrogen (secondary N) is 1. The monoisotopic (exact) mass is 236 g/mol. The van der Waals surface area contributed by atoms with Gasteiger partial charge in [-0.1, -0.05) is 0 Å². The zero-order valence-corrected chi connectivity index (χ0v) is 10.7. The third kappa shape index (κ3) is 2.49. The van der Waals surface area contributed by atoms with Crippen LogP contribution in [0.25, 0.3) is 0 Å². The van der Waals surface area contributed by atoms with Gasteiger partial charge in [-0.15, -0.1) is 0 Å². The summed E-state index contributed by atoms with van der Waals surface area (Å²) in [5.74, 6) is 2.62. The lowest BCUT2D eigenvalue weighted by Crippen LogP contribution is -2.24. The number of rotatable bonds is 3. The summed E-state index contributed by atoms with van der Waals surface area (Å²) in [6, 6.07) is 0. The third-order valence-electron chi connectivity index (χ3n) is 3.04. The van der Waals surface area contributed by atoms with Crippen LogP contribution < -0.4 is 10.2 Å². The molecule has 5 heteroatoms. The Bertz CT molecular complexity index is 408. The van der Waals surface area contributed by atoms with E-state index in [1.807, 2.05) is 13.8 Å². The zero-order valence-electron chi connectivity index (χ0n) is 10.7. The fourth-order valence-electron chi connectivity index (χ4n) is 2.20. The van der Waals surface area contributed by atoms with E-state index in [1.165, 1.54) is 0 Å². The highest BCUT2D eigenvalue weighted by atomic mass is 16.3. The van der Waals surface area contributed by atoms with Gasteiger partial charge in [0.2, 0.25) is 0 Å². The normalized spacial score (nSPS) is 19.8. The maximum atomic E-state index is 9.59. The minimum Gasteiger partial charge on any atom is -0.391 e. The molecule has 0 bridgehead atoms. The van der Waals surface area contributed by atoms with Gasteiger partial charge in [-0.25, -0.2) is 9.97 Å². The molecular weight excluding hydrogens is 216 g/mol. The van der Waals surface area contributed by atoms with Crippen LogP contribution in [0.4, 0.5) is 11.6 Å². The Morgan fingerprint density at radius 3 is 2.76 bits per heavy atom. The second kappa shape index (κ2) is 4.87. The van der Waals surface area contributed by atoms with E-state index in [2.05, 4.69) is 27.1 Å². The second-order valence-electron chi connectivity index (χ2n) is 4.49. The third-order valence-corrected chi connectivity index (χ3v) is 3.04. The van der Waals surface area contributed by atoms with Gasteiger partial charge in [0.05, 0.1) is 6.10 Å². The number of nitrogens with zero attached hydrogens (tertiary/aromatic N) is 3. The summed E-state index contributed by atoms with van der Waals surface area (Å²) in [6.07, 6.45) is 0.589. The van der Waals surface area contributed by atoms with Crippen LogP contribution in [0.5, 0.6) is 0 Å². The topological polar surface area (TPSA) is 61.3 Å². The Balaban J connectivity index is 2.32. The predicted octanol–water partition coefficient (Wildman–Crippen LogP) is 1.10. The van der Waals surface area contributed by atoms with Gasteiger partial charge in [0.15, 0.2) is 0 Å². The van der Waals surface area contributed by atoms with Gasteiger partial charge >= 0.3 is 0 Å². The lowest BCUT2D eigenvalue weighted by molar-refractivity contribution is 0.198. The molecule has 0 spiro atoms. The second-order valence-corrected chi connectivity index (χ2v) is 4.49. The van der Waals surface area contributed by atoms with Gasteiger partial charge in [-0.05, 0) is 27.2 Å². The first-order chi connectivity index (χ1) is 8.11. The van der Waals surface area contributed by atoms with Gasteiger partial charge in [0.25, 0.3) is 0 Å². The van der Waals surface area contributed by atoms with Gasteiger partial charge in [0.1, 0.15) is 17.5 Å². The Kier molecular flexibility index (Phi) is 3.47. The lowest BCUT2D eigenvalue weighted by atomic mass is 10.3. The average Bonchev–Trinajstić information content (AvgIpc) is 2.70. The molecule has 2 N–H and O–H groups in total. The van der Waals surface area contributed by atoms with Gasteiger partial charge in [0, 0.05) is 25.2 Å². The highest BCUT2D eigenvalue weighted by Gasteiger charge is 2.24. The first-order valence-corrected chi connectivity index (χ1v) is 6.14. The maximum Gasteiger partial charge on any atom is 0.137 e. The van der Waals surface area contributed by atoms with Crippen molar-refractivity contribution < 1.29 is 5.11 Å². The minimum atomic E-state index is -0.229. The molecule has 0 amide bonds. The number of aliphatic hydroxyl groups is 1. The fraction of sp³-hybridized carbons (Fsp3) is 0.667. The van der Waals surface area contributed by atoms with Crippen molar-refractivity contribution in [3.8, 4) is 0 Å². The van der Waals surface area contributed by atoms with Crippen LogP contribution in [0.2, 0.25) is 0 Å². The Hall–Kier alpha value is -1.36. The van der Waals surface area contributed by atoms with Gasteiger partial charge in [-0.2, -0.15) is 0 Å². The van der Waals surface area contributed by atoms with Crippen LogP contribution >= 0.6 is 0 Å². The molecule has 1 saturated heterocycles. The first kappa shape index (κ1) is 12.1. The Morgan fingerprint density at radius 1 is 1.41 bits per heavy atom. The molecule has 0 radical (unpaired) electrons. The van der Waals surface area contributed by atoms with Crippen molar-refractivity contribution in [2.45, 2.75) is 33.3 Å². The van der Waals surface area contributed by atoms with E-state index < -0.39 is 0 Å². The molecular formula is C12H20N4O. The van der Waals surface area contributed by atoms with E-state index in [0.29, 0.717) is 6.54 Å². The number of aryl methyl sites for hydroxylation is 1. The molecule has 17 heavy (non-hydrogen) atoms. The number of β-amino-alcohol motifs (C(OH)–C–C–N with tert-alkyl or cyclic N) is 1. The van der Waals surface area contributed by atoms with Gasteiger partial charge in [-0.3, -0.25) is 0 Å². The summed E-state index contributed by atoms with van der Waals surface area (Å²) >= 11 is 0. The van der Waals surface area contributed by atoms with Crippen LogP contribution in [-0.2, 0) is 0 Å². The minimum absolute atomic E-state index is 0.229. The van der Waals surface area contributed by atoms with E-state index in [1.54, 1.807) is 0 Å². The molecule has 5 nitrogen and oxygen atoms in total. The van der Waals surface area contributed by atoms with E-state index in [4.69, 9.17) is 0 Å². The SMILES string of the molecule is CCNc1nc(C)nc(N2CCC(O)C2)c1C. The number of aliphatic hydroxyl groups excluding tert-OH is 1. The fourth-order valence-corrected chi connectivity index (χ4v) is 2.20. The molecule has 2 rings (SSSR count). The molecule has 1 aromatic rings. The van der Waals surface area contributed by atoms with Crippen molar-refractivity contribution in [1.29, 1.82) is 0 Å². The summed E-state index contributed by atoms with van der Waals surface area (Å²) in [7, 11) is 0. The molecule has 1 aliphatic heterocycles. The van der Waals surface area contributed by atoms with Crippen molar-refractivity contribution in [2.24, 2.45) is 0 Å². The molecule has 2 heterocycles. The van der Waals surface area contributed by atoms with Crippen molar-refractivity contribution in [3.05, 3.63) is 11.4 Å². The van der Waals surface area contributed by atoms with Crippen molar-refractivity contribution in [2.75, 3.05) is 29.9 Å². The molecule has 0 aromatic carbocycles. The number of hydrogen-bond donors (Lipinski definition) is 2. The summed E-state index contributed by atoms with van der Waals surface area (Å²) in [4.78, 5) is 11.0. The average molecular weight is 236 g/mol. The molecule has 94 valence electrons. The summed E-state index contributed by atoms with van der Waals surface area (Å²) in [5, 5.41) is 12.8. The summed E-state index contributed by atoms with van der Waals surface area (Å²) in [6.45, 7) is 8.36. The van der Waals surface area contributed by atoms with Crippen LogP contribution in [0.3, 0.4) is 0 Å². The highest BCUT2D eigenvalue weighted by Crippen LogP contribution is 2.26. The number of anilines is 2. The van der Waals surface area contributed by atoms with Crippen molar-refractivity contribution >= 4 is 11.6 Å². The zero-order chi connectivity index (χ0) is 12.4.